The average Bonchev–Trinajstić information content (AvgIpc) is 3.01. The van der Waals surface area contributed by atoms with Crippen LogP contribution in [0, 0.1) is 0 Å². The van der Waals surface area contributed by atoms with Crippen LogP contribution >= 0.6 is 11.3 Å². The lowest BCUT2D eigenvalue weighted by Gasteiger charge is -2.21. The van der Waals surface area contributed by atoms with Crippen molar-refractivity contribution in [1.82, 2.24) is 15.6 Å². The van der Waals surface area contributed by atoms with Crippen LogP contribution in [0.5, 0.6) is 0 Å². The van der Waals surface area contributed by atoms with Crippen LogP contribution < -0.4 is 10.6 Å². The monoisotopic (exact) mass is 321 g/mol. The fourth-order valence-electron chi connectivity index (χ4n) is 2.99. The Labute approximate surface area is 132 Å². The Balaban J connectivity index is 1.61. The molecule has 22 heavy (non-hydrogen) atoms. The third-order valence-corrected chi connectivity index (χ3v) is 5.40. The second-order valence-electron chi connectivity index (χ2n) is 5.87. The van der Waals surface area contributed by atoms with Gasteiger partial charge >= 0.3 is 0 Å². The van der Waals surface area contributed by atoms with Gasteiger partial charge in [0.2, 0.25) is 11.8 Å². The van der Waals surface area contributed by atoms with E-state index in [1.165, 1.54) is 30.6 Å². The van der Waals surface area contributed by atoms with Gasteiger partial charge in [-0.15, -0.1) is 11.3 Å². The molecule has 1 aromatic heterocycles. The summed E-state index contributed by atoms with van der Waals surface area (Å²) >= 11 is 1.42. The van der Waals surface area contributed by atoms with Gasteiger partial charge in [-0.1, -0.05) is 19.3 Å². The van der Waals surface area contributed by atoms with Crippen LogP contribution in [0.3, 0.4) is 0 Å². The fourth-order valence-corrected chi connectivity index (χ4v) is 3.98. The first-order valence-corrected chi connectivity index (χ1v) is 8.55. The number of aromatic nitrogens is 1. The molecule has 1 saturated carbocycles. The second-order valence-corrected chi connectivity index (χ2v) is 6.94. The molecule has 7 heteroatoms. The molecule has 0 bridgehead atoms. The topological polar surface area (TPSA) is 88.2 Å². The highest BCUT2D eigenvalue weighted by molar-refractivity contribution is 7.13. The van der Waals surface area contributed by atoms with Crippen molar-refractivity contribution in [2.75, 3.05) is 0 Å². The van der Waals surface area contributed by atoms with E-state index in [0.29, 0.717) is 17.2 Å². The number of nitrogens with zero attached hydrogens (tertiary/aromatic N) is 1. The highest BCUT2D eigenvalue weighted by Crippen LogP contribution is 2.34. The molecule has 118 valence electrons. The first kappa shape index (κ1) is 15.1. The second kappa shape index (κ2) is 6.56. The largest absolute Gasteiger partial charge is 0.339 e. The molecule has 2 aliphatic rings. The van der Waals surface area contributed by atoms with Gasteiger partial charge in [0.15, 0.2) is 0 Å². The van der Waals surface area contributed by atoms with Crippen molar-refractivity contribution in [3.63, 3.8) is 0 Å². The van der Waals surface area contributed by atoms with Gasteiger partial charge in [-0.3, -0.25) is 19.7 Å². The van der Waals surface area contributed by atoms with Gasteiger partial charge in [0, 0.05) is 12.3 Å². The zero-order valence-corrected chi connectivity index (χ0v) is 13.1. The van der Waals surface area contributed by atoms with Crippen LogP contribution in [-0.2, 0) is 9.59 Å². The van der Waals surface area contributed by atoms with Crippen LogP contribution in [-0.4, -0.2) is 28.7 Å². The van der Waals surface area contributed by atoms with E-state index in [2.05, 4.69) is 15.6 Å². The molecule has 1 aliphatic heterocycles. The van der Waals surface area contributed by atoms with E-state index < -0.39 is 11.9 Å². The normalized spacial score (nSPS) is 23.2. The van der Waals surface area contributed by atoms with Crippen LogP contribution in [0.15, 0.2) is 6.20 Å². The first-order chi connectivity index (χ1) is 10.6. The smallest absolute Gasteiger partial charge is 0.263 e. The molecule has 0 aromatic carbocycles. The molecule has 6 nitrogen and oxygen atoms in total. The minimum absolute atomic E-state index is 0.257. The molecular weight excluding hydrogens is 302 g/mol. The Kier molecular flexibility index (Phi) is 4.52. The van der Waals surface area contributed by atoms with Crippen molar-refractivity contribution >= 4 is 29.1 Å². The summed E-state index contributed by atoms with van der Waals surface area (Å²) in [5.41, 5.74) is 0. The summed E-state index contributed by atoms with van der Waals surface area (Å²) in [5.74, 6) is -0.528. The summed E-state index contributed by atoms with van der Waals surface area (Å²) < 4.78 is 0. The van der Waals surface area contributed by atoms with E-state index in [1.54, 1.807) is 6.20 Å². The minimum Gasteiger partial charge on any atom is -0.339 e. The summed E-state index contributed by atoms with van der Waals surface area (Å²) in [6, 6.07) is -0.634. The van der Waals surface area contributed by atoms with Crippen LogP contribution in [0.4, 0.5) is 0 Å². The Morgan fingerprint density at radius 1 is 1.23 bits per heavy atom. The molecule has 1 aliphatic carbocycles. The summed E-state index contributed by atoms with van der Waals surface area (Å²) in [7, 11) is 0. The molecule has 2 N–H and O–H groups in total. The molecule has 3 amide bonds. The van der Waals surface area contributed by atoms with E-state index >= 15 is 0 Å². The Morgan fingerprint density at radius 2 is 2.00 bits per heavy atom. The number of hydrogen-bond donors (Lipinski definition) is 2. The van der Waals surface area contributed by atoms with Crippen molar-refractivity contribution in [2.45, 2.75) is 56.9 Å². The molecular formula is C15H19N3O3S. The lowest BCUT2D eigenvalue weighted by molar-refractivity contribution is -0.134. The van der Waals surface area contributed by atoms with E-state index in [-0.39, 0.29) is 18.2 Å². The van der Waals surface area contributed by atoms with Gasteiger partial charge in [-0.25, -0.2) is 4.98 Å². The molecule has 0 radical (unpaired) electrons. The molecule has 3 rings (SSSR count). The third-order valence-electron chi connectivity index (χ3n) is 4.25. The molecule has 0 spiro atoms. The highest BCUT2D eigenvalue weighted by Gasteiger charge is 2.29. The van der Waals surface area contributed by atoms with Gasteiger partial charge in [0.05, 0.1) is 11.2 Å². The van der Waals surface area contributed by atoms with Crippen LogP contribution in [0.25, 0.3) is 0 Å². The summed E-state index contributed by atoms with van der Waals surface area (Å²) in [6.45, 7) is 0. The number of carbonyl (C=O) groups is 3. The maximum Gasteiger partial charge on any atom is 0.263 e. The third kappa shape index (κ3) is 3.35. The first-order valence-electron chi connectivity index (χ1n) is 7.74. The van der Waals surface area contributed by atoms with Gasteiger partial charge in [0.25, 0.3) is 5.91 Å². The van der Waals surface area contributed by atoms with Crippen molar-refractivity contribution in [3.8, 4) is 0 Å². The zero-order valence-electron chi connectivity index (χ0n) is 12.3. The quantitative estimate of drug-likeness (QED) is 0.830. The SMILES string of the molecule is O=C1CCC(NC(=O)c2cnc(C3CCCCC3)s2)C(=O)N1. The minimum atomic E-state index is -0.634. The number of nitrogens with one attached hydrogen (secondary N) is 2. The average molecular weight is 321 g/mol. The number of amides is 3. The maximum atomic E-state index is 12.2. The number of imide groups is 1. The van der Waals surface area contributed by atoms with Crippen LogP contribution in [0.2, 0.25) is 0 Å². The van der Waals surface area contributed by atoms with Gasteiger partial charge in [0.1, 0.15) is 10.9 Å². The van der Waals surface area contributed by atoms with Gasteiger partial charge < -0.3 is 5.32 Å². The molecule has 2 heterocycles. The van der Waals surface area contributed by atoms with Gasteiger partial charge in [-0.2, -0.15) is 0 Å². The maximum absolute atomic E-state index is 12.2. The van der Waals surface area contributed by atoms with Crippen LogP contribution in [0.1, 0.15) is 65.5 Å². The van der Waals surface area contributed by atoms with E-state index in [4.69, 9.17) is 0 Å². The Morgan fingerprint density at radius 3 is 2.73 bits per heavy atom. The number of thiazole rings is 1. The van der Waals surface area contributed by atoms with Crippen molar-refractivity contribution in [3.05, 3.63) is 16.1 Å². The molecule has 2 fully saturated rings. The van der Waals surface area contributed by atoms with E-state index in [9.17, 15) is 14.4 Å². The molecule has 1 atom stereocenters. The molecule has 1 unspecified atom stereocenters. The zero-order chi connectivity index (χ0) is 15.5. The number of rotatable bonds is 3. The molecule has 1 aromatic rings. The van der Waals surface area contributed by atoms with Crippen molar-refractivity contribution in [2.24, 2.45) is 0 Å². The highest BCUT2D eigenvalue weighted by atomic mass is 32.1. The molecule has 1 saturated heterocycles. The summed E-state index contributed by atoms with van der Waals surface area (Å²) in [5, 5.41) is 5.95. The number of piperidine rings is 1. The predicted octanol–water partition coefficient (Wildman–Crippen LogP) is 1.73. The van der Waals surface area contributed by atoms with Crippen molar-refractivity contribution < 1.29 is 14.4 Å². The number of carbonyl (C=O) groups excluding carboxylic acids is 3. The van der Waals surface area contributed by atoms with Crippen molar-refractivity contribution in [1.29, 1.82) is 0 Å². The van der Waals surface area contributed by atoms with Gasteiger partial charge in [-0.05, 0) is 19.3 Å². The van der Waals surface area contributed by atoms with E-state index in [1.807, 2.05) is 0 Å². The summed E-state index contributed by atoms with van der Waals surface area (Å²) in [4.78, 5) is 39.9. The lowest BCUT2D eigenvalue weighted by atomic mass is 9.90. The number of hydrogen-bond acceptors (Lipinski definition) is 5. The van der Waals surface area contributed by atoms with E-state index in [0.717, 1.165) is 17.8 Å². The standard InChI is InChI=1S/C15H19N3O3S/c19-12-7-6-10(13(20)18-12)17-14(21)11-8-16-15(22-11)9-4-2-1-3-5-9/h8-10H,1-7H2,(H,17,21)(H,18,19,20). The summed E-state index contributed by atoms with van der Waals surface area (Å²) in [6.07, 6.45) is 8.21. The fraction of sp³-hybridized carbons (Fsp3) is 0.600. The Hall–Kier alpha value is -1.76. The Bertz CT molecular complexity index is 593. The predicted molar refractivity (Wildman–Crippen MR) is 81.6 cm³/mol. The lowest BCUT2D eigenvalue weighted by Crippen LogP contribution is -2.52.